The van der Waals surface area contributed by atoms with Gasteiger partial charge in [-0.3, -0.25) is 19.4 Å². The number of benzene rings is 1. The monoisotopic (exact) mass is 482 g/mol. The average molecular weight is 483 g/mol. The van der Waals surface area contributed by atoms with Gasteiger partial charge in [0.05, 0.1) is 5.69 Å². The molecule has 0 saturated heterocycles. The number of ether oxygens (including phenoxy) is 1. The predicted octanol–water partition coefficient (Wildman–Crippen LogP) is 2.74. The number of hydrogen-bond donors (Lipinski definition) is 3. The number of aromatic amines is 1. The highest BCUT2D eigenvalue weighted by Crippen LogP contribution is 2.25. The second-order valence-electron chi connectivity index (χ2n) is 8.72. The third-order valence-corrected chi connectivity index (χ3v) is 5.93. The molecule has 1 aliphatic carbocycles. The van der Waals surface area contributed by atoms with E-state index in [9.17, 15) is 18.8 Å². The van der Waals surface area contributed by atoms with Crippen LogP contribution in [0, 0.1) is 11.7 Å². The van der Waals surface area contributed by atoms with Crippen LogP contribution in [0.15, 0.2) is 39.5 Å². The number of H-pyrrole nitrogens is 1. The number of rotatable bonds is 8. The van der Waals surface area contributed by atoms with Crippen molar-refractivity contribution >= 4 is 11.8 Å². The number of nitrogens with one attached hydrogen (secondary N) is 3. The Kier molecular flexibility index (Phi) is 6.99. The summed E-state index contributed by atoms with van der Waals surface area (Å²) < 4.78 is 25.9. The first kappa shape index (κ1) is 24.2. The second-order valence-corrected chi connectivity index (χ2v) is 8.72. The summed E-state index contributed by atoms with van der Waals surface area (Å²) in [4.78, 5) is 43.5. The van der Waals surface area contributed by atoms with E-state index in [2.05, 4.69) is 20.6 Å². The first-order valence-electron chi connectivity index (χ1n) is 11.4. The number of carbonyl (C=O) groups is 2. The van der Waals surface area contributed by atoms with E-state index in [0.29, 0.717) is 23.3 Å². The van der Waals surface area contributed by atoms with E-state index in [1.807, 2.05) is 13.8 Å². The van der Waals surface area contributed by atoms with Crippen LogP contribution in [0.2, 0.25) is 0 Å². The largest absolute Gasteiger partial charge is 0.460 e. The number of hydrogen-bond acceptors (Lipinski definition) is 6. The van der Waals surface area contributed by atoms with Crippen molar-refractivity contribution in [1.82, 2.24) is 20.6 Å². The van der Waals surface area contributed by atoms with Gasteiger partial charge in [-0.15, -0.1) is 0 Å². The van der Waals surface area contributed by atoms with Crippen molar-refractivity contribution in [2.45, 2.75) is 45.8 Å². The summed E-state index contributed by atoms with van der Waals surface area (Å²) in [6.45, 7) is 3.52. The smallest absolute Gasteiger partial charge is 0.297 e. The van der Waals surface area contributed by atoms with Crippen LogP contribution < -0.4 is 20.9 Å². The average Bonchev–Trinajstić information content (AvgIpc) is 3.51. The minimum atomic E-state index is -0.715. The SMILES string of the molecule is CNC(=O)[C@@H](NC(=O)c1ccc(-c2ccc(COc3nc4c(c(=O)[nH]3)CCC4)c(F)c2)o1)C(C)C. The molecule has 1 aliphatic rings. The molecular weight excluding hydrogens is 455 g/mol. The van der Waals surface area contributed by atoms with Crippen LogP contribution in [0.4, 0.5) is 4.39 Å². The lowest BCUT2D eigenvalue weighted by Crippen LogP contribution is -2.48. The molecule has 0 radical (unpaired) electrons. The fourth-order valence-electron chi connectivity index (χ4n) is 3.97. The Balaban J connectivity index is 1.43. The highest BCUT2D eigenvalue weighted by atomic mass is 19.1. The Morgan fingerprint density at radius 2 is 2.03 bits per heavy atom. The van der Waals surface area contributed by atoms with Crippen molar-refractivity contribution in [3.63, 3.8) is 0 Å². The quantitative estimate of drug-likeness (QED) is 0.453. The molecule has 9 nitrogen and oxygen atoms in total. The van der Waals surface area contributed by atoms with E-state index in [1.54, 1.807) is 18.2 Å². The summed E-state index contributed by atoms with van der Waals surface area (Å²) in [7, 11) is 1.50. The second kappa shape index (κ2) is 10.1. The number of aromatic nitrogens is 2. The van der Waals surface area contributed by atoms with Gasteiger partial charge in [0.2, 0.25) is 5.91 Å². The number of carbonyl (C=O) groups excluding carboxylic acids is 2. The fraction of sp³-hybridized carbons (Fsp3) is 0.360. The molecule has 3 N–H and O–H groups in total. The molecule has 1 atom stereocenters. The number of amides is 2. The molecule has 0 fully saturated rings. The maximum atomic E-state index is 14.8. The Morgan fingerprint density at radius 3 is 2.74 bits per heavy atom. The molecule has 0 aliphatic heterocycles. The highest BCUT2D eigenvalue weighted by Gasteiger charge is 2.25. The van der Waals surface area contributed by atoms with Crippen LogP contribution in [0.1, 0.15) is 47.6 Å². The maximum absolute atomic E-state index is 14.8. The molecule has 10 heteroatoms. The van der Waals surface area contributed by atoms with E-state index in [-0.39, 0.29) is 41.3 Å². The van der Waals surface area contributed by atoms with Crippen molar-refractivity contribution in [3.05, 3.63) is 69.1 Å². The summed E-state index contributed by atoms with van der Waals surface area (Å²) in [5.41, 5.74) is 1.90. The molecule has 0 bridgehead atoms. The highest BCUT2D eigenvalue weighted by molar-refractivity contribution is 5.96. The van der Waals surface area contributed by atoms with Crippen LogP contribution in [-0.2, 0) is 24.2 Å². The van der Waals surface area contributed by atoms with Crippen LogP contribution in [-0.4, -0.2) is 34.9 Å². The van der Waals surface area contributed by atoms with Gasteiger partial charge in [-0.25, -0.2) is 9.37 Å². The summed E-state index contributed by atoms with van der Waals surface area (Å²) in [5, 5.41) is 5.18. The van der Waals surface area contributed by atoms with Gasteiger partial charge in [0.25, 0.3) is 17.5 Å². The van der Waals surface area contributed by atoms with Gasteiger partial charge in [0.15, 0.2) is 5.76 Å². The Hall–Kier alpha value is -3.95. The zero-order chi connectivity index (χ0) is 25.1. The van der Waals surface area contributed by atoms with Crippen molar-refractivity contribution in [1.29, 1.82) is 0 Å². The molecule has 1 aromatic carbocycles. The molecule has 4 rings (SSSR count). The zero-order valence-electron chi connectivity index (χ0n) is 19.7. The Bertz CT molecular complexity index is 1310. The van der Waals surface area contributed by atoms with Crippen molar-refractivity contribution < 1.29 is 23.1 Å². The first-order chi connectivity index (χ1) is 16.8. The summed E-state index contributed by atoms with van der Waals surface area (Å²) in [5.74, 6) is -1.20. The lowest BCUT2D eigenvalue weighted by molar-refractivity contribution is -0.123. The fourth-order valence-corrected chi connectivity index (χ4v) is 3.97. The summed E-state index contributed by atoms with van der Waals surface area (Å²) in [6.07, 6.45) is 2.32. The number of nitrogens with zero attached hydrogens (tertiary/aromatic N) is 1. The van der Waals surface area contributed by atoms with E-state index < -0.39 is 17.8 Å². The molecule has 184 valence electrons. The molecular formula is C25H27FN4O5. The normalized spacial score (nSPS) is 13.4. The van der Waals surface area contributed by atoms with E-state index in [4.69, 9.17) is 9.15 Å². The molecule has 2 amide bonds. The summed E-state index contributed by atoms with van der Waals surface area (Å²) in [6, 6.07) is 6.84. The number of furan rings is 1. The van der Waals surface area contributed by atoms with Crippen molar-refractivity contribution in [3.8, 4) is 17.3 Å². The van der Waals surface area contributed by atoms with Gasteiger partial charge < -0.3 is 19.8 Å². The Morgan fingerprint density at radius 1 is 1.23 bits per heavy atom. The topological polar surface area (TPSA) is 126 Å². The molecule has 3 aromatic rings. The van der Waals surface area contributed by atoms with Crippen molar-refractivity contribution in [2.24, 2.45) is 5.92 Å². The summed E-state index contributed by atoms with van der Waals surface area (Å²) >= 11 is 0. The lowest BCUT2D eigenvalue weighted by Gasteiger charge is -2.19. The zero-order valence-corrected chi connectivity index (χ0v) is 19.7. The first-order valence-corrected chi connectivity index (χ1v) is 11.4. The van der Waals surface area contributed by atoms with Crippen LogP contribution in [0.25, 0.3) is 11.3 Å². The van der Waals surface area contributed by atoms with E-state index >= 15 is 0 Å². The van der Waals surface area contributed by atoms with Crippen LogP contribution in [0.3, 0.4) is 0 Å². The van der Waals surface area contributed by atoms with Gasteiger partial charge in [0.1, 0.15) is 24.2 Å². The standard InChI is InChI=1S/C25H27FN4O5/c1-13(2)21(24(33)27-3)29-23(32)20-10-9-19(35-20)14-7-8-15(17(26)11-14)12-34-25-28-18-6-4-5-16(18)22(31)30-25/h7-11,13,21H,4-6,12H2,1-3H3,(H,27,33)(H,29,32)(H,28,30,31)/t21-/m0/s1. The van der Waals surface area contributed by atoms with Crippen LogP contribution in [0.5, 0.6) is 6.01 Å². The minimum absolute atomic E-state index is 0.00834. The van der Waals surface area contributed by atoms with Gasteiger partial charge in [0, 0.05) is 23.7 Å². The van der Waals surface area contributed by atoms with Gasteiger partial charge in [-0.05, 0) is 43.4 Å². The van der Waals surface area contributed by atoms with Crippen LogP contribution >= 0.6 is 0 Å². The molecule has 2 aromatic heterocycles. The van der Waals surface area contributed by atoms with Gasteiger partial charge in [-0.2, -0.15) is 0 Å². The number of fused-ring (bicyclic) bond motifs is 1. The molecule has 0 saturated carbocycles. The number of halogens is 1. The van der Waals surface area contributed by atoms with E-state index in [0.717, 1.165) is 18.5 Å². The molecule has 2 heterocycles. The van der Waals surface area contributed by atoms with Crippen molar-refractivity contribution in [2.75, 3.05) is 7.05 Å². The lowest BCUT2D eigenvalue weighted by atomic mass is 10.0. The Labute approximate surface area is 201 Å². The third kappa shape index (κ3) is 5.26. The van der Waals surface area contributed by atoms with Gasteiger partial charge in [-0.1, -0.05) is 26.0 Å². The minimum Gasteiger partial charge on any atom is -0.460 e. The third-order valence-electron chi connectivity index (χ3n) is 5.93. The number of aryl methyl sites for hydroxylation is 1. The molecule has 35 heavy (non-hydrogen) atoms. The van der Waals surface area contributed by atoms with E-state index in [1.165, 1.54) is 19.2 Å². The molecule has 0 spiro atoms. The molecule has 0 unspecified atom stereocenters. The van der Waals surface area contributed by atoms with Gasteiger partial charge >= 0.3 is 0 Å². The number of likely N-dealkylation sites (N-methyl/N-ethyl adjacent to an activating group) is 1. The maximum Gasteiger partial charge on any atom is 0.297 e. The predicted molar refractivity (Wildman–Crippen MR) is 125 cm³/mol.